The number of anilines is 1. The van der Waals surface area contributed by atoms with Gasteiger partial charge in [0.2, 0.25) is 0 Å². The minimum absolute atomic E-state index is 0.187. The summed E-state index contributed by atoms with van der Waals surface area (Å²) in [7, 11) is -3.71. The minimum atomic E-state index is -3.71. The standard InChI is InChI=1S/C21H23FN5O3P/c1-4-29-31(28,30-5-2)21(23-17-10-8-16(22)9-11-17)18-13-15-7-6-14(3)12-19(15)27-20(18)24-25-26-27/h6-13,21,23H,4-5H2,1-3H3. The van der Waals surface area contributed by atoms with E-state index < -0.39 is 13.4 Å². The van der Waals surface area contributed by atoms with Crippen molar-refractivity contribution in [3.05, 3.63) is 65.5 Å². The van der Waals surface area contributed by atoms with Crippen LogP contribution >= 0.6 is 7.60 Å². The van der Waals surface area contributed by atoms with Crippen LogP contribution in [-0.2, 0) is 13.6 Å². The summed E-state index contributed by atoms with van der Waals surface area (Å²) < 4.78 is 40.2. The van der Waals surface area contributed by atoms with Crippen LogP contribution in [0.15, 0.2) is 48.5 Å². The van der Waals surface area contributed by atoms with Gasteiger partial charge in [-0.2, -0.15) is 4.52 Å². The quantitative estimate of drug-likeness (QED) is 0.379. The first kappa shape index (κ1) is 21.4. The van der Waals surface area contributed by atoms with Gasteiger partial charge in [-0.3, -0.25) is 4.57 Å². The van der Waals surface area contributed by atoms with Crippen molar-refractivity contribution in [1.82, 2.24) is 20.0 Å². The first-order valence-electron chi connectivity index (χ1n) is 9.97. The molecule has 0 aliphatic heterocycles. The molecule has 2 aromatic heterocycles. The molecule has 1 atom stereocenters. The molecule has 0 spiro atoms. The molecular weight excluding hydrogens is 420 g/mol. The van der Waals surface area contributed by atoms with E-state index in [4.69, 9.17) is 9.05 Å². The zero-order valence-electron chi connectivity index (χ0n) is 17.4. The fraction of sp³-hybridized carbons (Fsp3) is 0.286. The van der Waals surface area contributed by atoms with Gasteiger partial charge in [0.1, 0.15) is 5.82 Å². The van der Waals surface area contributed by atoms with Gasteiger partial charge in [-0.25, -0.2) is 4.39 Å². The first-order chi connectivity index (χ1) is 14.9. The highest BCUT2D eigenvalue weighted by Crippen LogP contribution is 2.61. The lowest BCUT2D eigenvalue weighted by Gasteiger charge is -2.28. The Morgan fingerprint density at radius 2 is 1.81 bits per heavy atom. The fourth-order valence-corrected chi connectivity index (χ4v) is 5.43. The van der Waals surface area contributed by atoms with Gasteiger partial charge in [0.05, 0.1) is 18.7 Å². The van der Waals surface area contributed by atoms with Gasteiger partial charge in [-0.15, -0.1) is 5.10 Å². The molecule has 8 nitrogen and oxygen atoms in total. The number of halogens is 1. The van der Waals surface area contributed by atoms with Crippen molar-refractivity contribution < 1.29 is 18.0 Å². The van der Waals surface area contributed by atoms with Crippen molar-refractivity contribution in [2.24, 2.45) is 0 Å². The Kier molecular flexibility index (Phi) is 6.00. The van der Waals surface area contributed by atoms with E-state index in [0.717, 1.165) is 16.5 Å². The van der Waals surface area contributed by atoms with Crippen molar-refractivity contribution in [1.29, 1.82) is 0 Å². The van der Waals surface area contributed by atoms with Crippen molar-refractivity contribution in [2.75, 3.05) is 18.5 Å². The molecule has 1 N–H and O–H groups in total. The smallest absolute Gasteiger partial charge is 0.357 e. The van der Waals surface area contributed by atoms with E-state index >= 15 is 0 Å². The Hall–Kier alpha value is -2.87. The number of hydrogen-bond acceptors (Lipinski definition) is 7. The molecule has 2 heterocycles. The van der Waals surface area contributed by atoms with E-state index in [1.807, 2.05) is 31.2 Å². The van der Waals surface area contributed by atoms with Crippen molar-refractivity contribution in [3.63, 3.8) is 0 Å². The van der Waals surface area contributed by atoms with Crippen LogP contribution in [0.4, 0.5) is 10.1 Å². The van der Waals surface area contributed by atoms with Crippen LogP contribution in [0.2, 0.25) is 0 Å². The lowest BCUT2D eigenvalue weighted by atomic mass is 10.1. The number of nitrogens with one attached hydrogen (secondary N) is 1. The summed E-state index contributed by atoms with van der Waals surface area (Å²) >= 11 is 0. The topological polar surface area (TPSA) is 90.6 Å². The Morgan fingerprint density at radius 3 is 2.48 bits per heavy atom. The number of pyridine rings is 1. The van der Waals surface area contributed by atoms with Gasteiger partial charge in [-0.1, -0.05) is 12.1 Å². The molecule has 0 aliphatic carbocycles. The molecule has 10 heteroatoms. The maximum absolute atomic E-state index is 13.9. The van der Waals surface area contributed by atoms with Gasteiger partial charge in [-0.05, 0) is 73.2 Å². The largest absolute Gasteiger partial charge is 0.368 e. The third-order valence-corrected chi connectivity index (χ3v) is 7.11. The number of aromatic nitrogens is 4. The number of nitrogens with zero attached hydrogens (tertiary/aromatic N) is 4. The zero-order chi connectivity index (χ0) is 22.0. The maximum atomic E-state index is 13.9. The third kappa shape index (κ3) is 4.17. The van der Waals surface area contributed by atoms with E-state index in [0.29, 0.717) is 16.9 Å². The average molecular weight is 443 g/mol. The highest BCUT2D eigenvalue weighted by molar-refractivity contribution is 7.54. The molecule has 0 amide bonds. The highest BCUT2D eigenvalue weighted by atomic mass is 31.2. The summed E-state index contributed by atoms with van der Waals surface area (Å²) in [5.41, 5.74) is 3.42. The summed E-state index contributed by atoms with van der Waals surface area (Å²) in [6.07, 6.45) is 0. The number of fused-ring (bicyclic) bond motifs is 3. The minimum Gasteiger partial charge on any atom is -0.368 e. The molecule has 0 aliphatic rings. The molecule has 162 valence electrons. The van der Waals surface area contributed by atoms with Gasteiger partial charge in [0, 0.05) is 16.6 Å². The number of hydrogen-bond donors (Lipinski definition) is 1. The molecule has 2 aromatic carbocycles. The Bertz CT molecular complexity index is 1250. The zero-order valence-corrected chi connectivity index (χ0v) is 18.3. The van der Waals surface area contributed by atoms with E-state index in [1.165, 1.54) is 12.1 Å². The number of aryl methyl sites for hydroxylation is 1. The Morgan fingerprint density at radius 1 is 1.10 bits per heavy atom. The lowest BCUT2D eigenvalue weighted by Crippen LogP contribution is -2.17. The van der Waals surface area contributed by atoms with E-state index in [-0.39, 0.29) is 19.0 Å². The number of tetrazole rings is 1. The lowest BCUT2D eigenvalue weighted by molar-refractivity contribution is 0.214. The second-order valence-electron chi connectivity index (χ2n) is 7.01. The van der Waals surface area contributed by atoms with Crippen LogP contribution in [0.5, 0.6) is 0 Å². The summed E-state index contributed by atoms with van der Waals surface area (Å²) in [6.45, 7) is 5.86. The van der Waals surface area contributed by atoms with Crippen LogP contribution < -0.4 is 5.32 Å². The molecule has 0 saturated heterocycles. The van der Waals surface area contributed by atoms with E-state index in [9.17, 15) is 8.96 Å². The second kappa shape index (κ2) is 8.70. The van der Waals surface area contributed by atoms with Crippen LogP contribution in [0.1, 0.15) is 30.8 Å². The first-order valence-corrected chi connectivity index (χ1v) is 11.6. The van der Waals surface area contributed by atoms with Gasteiger partial charge in [0.25, 0.3) is 0 Å². The van der Waals surface area contributed by atoms with Crippen LogP contribution in [0, 0.1) is 12.7 Å². The summed E-state index contributed by atoms with van der Waals surface area (Å²) in [4.78, 5) is 0. The number of rotatable bonds is 8. The van der Waals surface area contributed by atoms with Gasteiger partial charge >= 0.3 is 7.60 Å². The van der Waals surface area contributed by atoms with E-state index in [1.54, 1.807) is 30.5 Å². The van der Waals surface area contributed by atoms with Crippen molar-refractivity contribution in [3.8, 4) is 0 Å². The Labute approximate surface area is 178 Å². The summed E-state index contributed by atoms with van der Waals surface area (Å²) in [6, 6.07) is 13.6. The molecule has 31 heavy (non-hydrogen) atoms. The molecule has 4 rings (SSSR count). The highest BCUT2D eigenvalue weighted by Gasteiger charge is 2.39. The summed E-state index contributed by atoms with van der Waals surface area (Å²) in [5, 5.41) is 16.2. The Balaban J connectivity index is 1.94. The molecule has 0 radical (unpaired) electrons. The normalized spacial score (nSPS) is 13.0. The summed E-state index contributed by atoms with van der Waals surface area (Å²) in [5.74, 6) is -1.29. The monoisotopic (exact) mass is 443 g/mol. The molecule has 0 fully saturated rings. The van der Waals surface area contributed by atoms with Crippen LogP contribution in [0.3, 0.4) is 0 Å². The molecule has 1 unspecified atom stereocenters. The maximum Gasteiger partial charge on any atom is 0.357 e. The average Bonchev–Trinajstić information content (AvgIpc) is 3.24. The van der Waals surface area contributed by atoms with Gasteiger partial charge in [0.15, 0.2) is 11.4 Å². The molecule has 4 aromatic rings. The van der Waals surface area contributed by atoms with Crippen molar-refractivity contribution >= 4 is 29.8 Å². The van der Waals surface area contributed by atoms with Crippen LogP contribution in [-0.4, -0.2) is 33.3 Å². The molecule has 0 saturated carbocycles. The van der Waals surface area contributed by atoms with E-state index in [2.05, 4.69) is 20.8 Å². The predicted molar refractivity (Wildman–Crippen MR) is 117 cm³/mol. The molecule has 0 bridgehead atoms. The van der Waals surface area contributed by atoms with Crippen molar-refractivity contribution in [2.45, 2.75) is 26.6 Å². The fourth-order valence-electron chi connectivity index (χ4n) is 3.50. The third-order valence-electron chi connectivity index (χ3n) is 4.83. The predicted octanol–water partition coefficient (Wildman–Crippen LogP) is 5.10. The van der Waals surface area contributed by atoms with Crippen LogP contribution in [0.25, 0.3) is 16.6 Å². The molecular formula is C21H23FN5O3P. The SMILES string of the molecule is CCOP(=O)(OCC)C(Nc1ccc(F)cc1)c1cc2ccc(C)cc2n2nnnc12. The van der Waals surface area contributed by atoms with Gasteiger partial charge < -0.3 is 14.4 Å². The second-order valence-corrected chi connectivity index (χ2v) is 9.12. The number of benzene rings is 2.